The number of ether oxygens (including phenoxy) is 1. The molecule has 0 aliphatic rings. The van der Waals surface area contributed by atoms with E-state index >= 15 is 0 Å². The summed E-state index contributed by atoms with van der Waals surface area (Å²) in [6.07, 6.45) is 1.64. The van der Waals surface area contributed by atoms with Gasteiger partial charge in [-0.15, -0.1) is 12.4 Å². The molecule has 118 valence electrons. The maximum Gasteiger partial charge on any atom is 0.322 e. The van der Waals surface area contributed by atoms with Crippen LogP contribution in [0.2, 0.25) is 0 Å². The molecule has 0 saturated heterocycles. The number of aromatic nitrogens is 2. The average molecular weight is 323 g/mol. The van der Waals surface area contributed by atoms with Crippen molar-refractivity contribution < 1.29 is 9.53 Å². The normalized spacial score (nSPS) is 11.2. The summed E-state index contributed by atoms with van der Waals surface area (Å²) in [6.45, 7) is 3.96. The Balaban J connectivity index is 0.00000242. The zero-order valence-electron chi connectivity index (χ0n) is 12.4. The van der Waals surface area contributed by atoms with Gasteiger partial charge in [0, 0.05) is 30.0 Å². The number of anilines is 1. The fraction of sp³-hybridized carbons (Fsp3) is 0.267. The number of nitrogens with two attached hydrogens (primary N) is 1. The van der Waals surface area contributed by atoms with Crippen LogP contribution < -0.4 is 15.8 Å². The lowest BCUT2D eigenvalue weighted by atomic mass is 10.1. The lowest BCUT2D eigenvalue weighted by Gasteiger charge is -2.10. The second kappa shape index (κ2) is 8.31. The van der Waals surface area contributed by atoms with Crippen molar-refractivity contribution in [1.29, 1.82) is 0 Å². The van der Waals surface area contributed by atoms with E-state index in [1.54, 1.807) is 43.5 Å². The first-order chi connectivity index (χ1) is 10.1. The minimum Gasteiger partial charge on any atom is -0.424 e. The summed E-state index contributed by atoms with van der Waals surface area (Å²) in [4.78, 5) is 19.9. The van der Waals surface area contributed by atoms with Gasteiger partial charge in [0.05, 0.1) is 0 Å². The largest absolute Gasteiger partial charge is 0.424 e. The Morgan fingerprint density at radius 2 is 2.00 bits per heavy atom. The zero-order valence-corrected chi connectivity index (χ0v) is 13.3. The third-order valence-corrected chi connectivity index (χ3v) is 2.90. The van der Waals surface area contributed by atoms with E-state index in [0.29, 0.717) is 24.0 Å². The number of aryl methyl sites for hydroxylation is 1. The van der Waals surface area contributed by atoms with E-state index in [1.165, 1.54) is 0 Å². The van der Waals surface area contributed by atoms with Crippen molar-refractivity contribution in [3.8, 4) is 11.8 Å². The third kappa shape index (κ3) is 4.98. The Kier molecular flexibility index (Phi) is 6.75. The standard InChI is InChI=1S/C15H18N4O2.ClH/c1-10(9-16)14(20)19-12-3-5-13(6-4-12)21-15-17-8-7-11(2)18-15;/h3-8,10H,9,16H2,1-2H3,(H,19,20);1H. The van der Waals surface area contributed by atoms with Crippen LogP contribution in [-0.2, 0) is 4.79 Å². The van der Waals surface area contributed by atoms with Crippen LogP contribution >= 0.6 is 12.4 Å². The van der Waals surface area contributed by atoms with Gasteiger partial charge in [-0.2, -0.15) is 0 Å². The monoisotopic (exact) mass is 322 g/mol. The maximum absolute atomic E-state index is 11.7. The molecule has 6 nitrogen and oxygen atoms in total. The summed E-state index contributed by atoms with van der Waals surface area (Å²) in [7, 11) is 0. The van der Waals surface area contributed by atoms with Crippen molar-refractivity contribution in [2.75, 3.05) is 11.9 Å². The van der Waals surface area contributed by atoms with E-state index < -0.39 is 0 Å². The van der Waals surface area contributed by atoms with Gasteiger partial charge in [0.25, 0.3) is 0 Å². The first-order valence-electron chi connectivity index (χ1n) is 6.67. The minimum absolute atomic E-state index is 0. The number of nitrogens with zero attached hydrogens (tertiary/aromatic N) is 2. The van der Waals surface area contributed by atoms with Crippen LogP contribution in [0.15, 0.2) is 36.5 Å². The number of nitrogens with one attached hydrogen (secondary N) is 1. The van der Waals surface area contributed by atoms with Crippen molar-refractivity contribution >= 4 is 24.0 Å². The van der Waals surface area contributed by atoms with Crippen LogP contribution in [0.3, 0.4) is 0 Å². The van der Waals surface area contributed by atoms with Crippen LogP contribution in [-0.4, -0.2) is 22.4 Å². The highest BCUT2D eigenvalue weighted by Gasteiger charge is 2.10. The van der Waals surface area contributed by atoms with Gasteiger partial charge in [0.15, 0.2) is 0 Å². The van der Waals surface area contributed by atoms with E-state index in [2.05, 4.69) is 15.3 Å². The highest BCUT2D eigenvalue weighted by Crippen LogP contribution is 2.20. The molecule has 0 spiro atoms. The van der Waals surface area contributed by atoms with Gasteiger partial charge in [0.1, 0.15) is 5.75 Å². The molecular formula is C15H19ClN4O2. The Morgan fingerprint density at radius 1 is 1.32 bits per heavy atom. The number of carbonyl (C=O) groups excluding carboxylic acids is 1. The lowest BCUT2D eigenvalue weighted by Crippen LogP contribution is -2.26. The first kappa shape index (κ1) is 17.9. The predicted octanol–water partition coefficient (Wildman–Crippen LogP) is 2.53. The number of hydrogen-bond donors (Lipinski definition) is 2. The van der Waals surface area contributed by atoms with E-state index in [1.807, 2.05) is 6.92 Å². The van der Waals surface area contributed by atoms with Crippen molar-refractivity contribution in [2.45, 2.75) is 13.8 Å². The van der Waals surface area contributed by atoms with Crippen molar-refractivity contribution in [1.82, 2.24) is 9.97 Å². The lowest BCUT2D eigenvalue weighted by molar-refractivity contribution is -0.119. The molecule has 1 aromatic carbocycles. The Labute approximate surface area is 135 Å². The van der Waals surface area contributed by atoms with Gasteiger partial charge in [-0.05, 0) is 37.3 Å². The second-order valence-electron chi connectivity index (χ2n) is 4.73. The number of amides is 1. The van der Waals surface area contributed by atoms with Gasteiger partial charge in [-0.25, -0.2) is 9.97 Å². The molecule has 1 aromatic heterocycles. The van der Waals surface area contributed by atoms with Gasteiger partial charge in [-0.1, -0.05) is 6.92 Å². The van der Waals surface area contributed by atoms with E-state index in [9.17, 15) is 4.79 Å². The van der Waals surface area contributed by atoms with Crippen molar-refractivity contribution in [3.63, 3.8) is 0 Å². The SMILES string of the molecule is Cc1ccnc(Oc2ccc(NC(=O)C(C)CN)cc2)n1.Cl. The summed E-state index contributed by atoms with van der Waals surface area (Å²) in [6, 6.07) is 9.09. The number of benzene rings is 1. The molecule has 1 heterocycles. The topological polar surface area (TPSA) is 90.1 Å². The Morgan fingerprint density at radius 3 is 2.59 bits per heavy atom. The molecule has 0 fully saturated rings. The van der Waals surface area contributed by atoms with Gasteiger partial charge in [-0.3, -0.25) is 4.79 Å². The average Bonchev–Trinajstić information content (AvgIpc) is 2.48. The molecule has 1 unspecified atom stereocenters. The molecule has 0 aliphatic carbocycles. The Hall–Kier alpha value is -2.18. The highest BCUT2D eigenvalue weighted by molar-refractivity contribution is 5.92. The van der Waals surface area contributed by atoms with E-state index in [0.717, 1.165) is 5.69 Å². The van der Waals surface area contributed by atoms with Crippen LogP contribution in [0.4, 0.5) is 5.69 Å². The minimum atomic E-state index is -0.221. The molecule has 1 atom stereocenters. The molecular weight excluding hydrogens is 304 g/mol. The number of carbonyl (C=O) groups is 1. The molecule has 22 heavy (non-hydrogen) atoms. The molecule has 2 rings (SSSR count). The van der Waals surface area contributed by atoms with Gasteiger partial charge < -0.3 is 15.8 Å². The first-order valence-corrected chi connectivity index (χ1v) is 6.67. The quantitative estimate of drug-likeness (QED) is 0.882. The van der Waals surface area contributed by atoms with Crippen LogP contribution in [0.5, 0.6) is 11.8 Å². The smallest absolute Gasteiger partial charge is 0.322 e. The highest BCUT2D eigenvalue weighted by atomic mass is 35.5. The molecule has 2 aromatic rings. The molecule has 7 heteroatoms. The van der Waals surface area contributed by atoms with Crippen LogP contribution in [0.25, 0.3) is 0 Å². The third-order valence-electron chi connectivity index (χ3n) is 2.90. The fourth-order valence-corrected chi connectivity index (χ4v) is 1.56. The predicted molar refractivity (Wildman–Crippen MR) is 87.4 cm³/mol. The number of hydrogen-bond acceptors (Lipinski definition) is 5. The molecule has 0 aliphatic heterocycles. The van der Waals surface area contributed by atoms with Crippen molar-refractivity contribution in [2.24, 2.45) is 11.7 Å². The summed E-state index contributed by atoms with van der Waals surface area (Å²) < 4.78 is 5.53. The number of rotatable bonds is 5. The summed E-state index contributed by atoms with van der Waals surface area (Å²) >= 11 is 0. The molecule has 0 saturated carbocycles. The van der Waals surface area contributed by atoms with Crippen LogP contribution in [0.1, 0.15) is 12.6 Å². The molecule has 1 amide bonds. The maximum atomic E-state index is 11.7. The molecule has 0 bridgehead atoms. The number of halogens is 1. The van der Waals surface area contributed by atoms with Crippen molar-refractivity contribution in [3.05, 3.63) is 42.2 Å². The van der Waals surface area contributed by atoms with E-state index in [-0.39, 0.29) is 24.2 Å². The van der Waals surface area contributed by atoms with Crippen LogP contribution in [0, 0.1) is 12.8 Å². The molecule has 3 N–H and O–H groups in total. The molecule has 0 radical (unpaired) electrons. The summed E-state index contributed by atoms with van der Waals surface area (Å²) in [5.74, 6) is 0.278. The Bertz CT molecular complexity index is 619. The fourth-order valence-electron chi connectivity index (χ4n) is 1.56. The van der Waals surface area contributed by atoms with Gasteiger partial charge in [0.2, 0.25) is 5.91 Å². The zero-order chi connectivity index (χ0) is 15.2. The summed E-state index contributed by atoms with van der Waals surface area (Å²) in [5.41, 5.74) is 6.98. The summed E-state index contributed by atoms with van der Waals surface area (Å²) in [5, 5.41) is 2.79. The van der Waals surface area contributed by atoms with Gasteiger partial charge >= 0.3 is 6.01 Å². The van der Waals surface area contributed by atoms with E-state index in [4.69, 9.17) is 10.5 Å². The second-order valence-corrected chi connectivity index (χ2v) is 4.73.